The highest BCUT2D eigenvalue weighted by molar-refractivity contribution is 9.10. The van der Waals surface area contributed by atoms with Crippen LogP contribution in [0.5, 0.6) is 0 Å². The maximum Gasteiger partial charge on any atom is 0.237 e. The van der Waals surface area contributed by atoms with Gasteiger partial charge in [0.25, 0.3) is 0 Å². The molecule has 1 aliphatic heterocycles. The number of allylic oxidation sites excluding steroid dienone is 1. The number of para-hydroxylation sites is 1. The average Bonchev–Trinajstić information content (AvgIpc) is 3.01. The van der Waals surface area contributed by atoms with Crippen LogP contribution in [0.4, 0.5) is 5.69 Å². The molecular weight excluding hydrogens is 436 g/mol. The molecule has 1 atom stereocenters. The third-order valence-electron chi connectivity index (χ3n) is 4.62. The average molecular weight is 455 g/mol. The van der Waals surface area contributed by atoms with Gasteiger partial charge in [-0.25, -0.2) is 0 Å². The quantitative estimate of drug-likeness (QED) is 0.554. The Morgan fingerprint density at radius 1 is 1.21 bits per heavy atom. The number of anilines is 1. The summed E-state index contributed by atoms with van der Waals surface area (Å²) in [6, 6.07) is 15.9. The Kier molecular flexibility index (Phi) is 5.64. The number of amides is 1. The van der Waals surface area contributed by atoms with Gasteiger partial charge in [-0.1, -0.05) is 64.1 Å². The fourth-order valence-electron chi connectivity index (χ4n) is 3.21. The summed E-state index contributed by atoms with van der Waals surface area (Å²) >= 11 is 4.92. The van der Waals surface area contributed by atoms with Crippen LogP contribution in [0.2, 0.25) is 0 Å². The molecule has 0 saturated carbocycles. The molecular formula is C21H19BrN4OS. The van der Waals surface area contributed by atoms with Gasteiger partial charge in [0.05, 0.1) is 5.25 Å². The van der Waals surface area contributed by atoms with Crippen LogP contribution < -0.4 is 5.32 Å². The van der Waals surface area contributed by atoms with E-state index < -0.39 is 0 Å². The van der Waals surface area contributed by atoms with Gasteiger partial charge in [0, 0.05) is 22.3 Å². The summed E-state index contributed by atoms with van der Waals surface area (Å²) in [7, 11) is 0. The Morgan fingerprint density at radius 2 is 2.00 bits per heavy atom. The number of hydrogen-bond acceptors (Lipinski definition) is 4. The smallest absolute Gasteiger partial charge is 0.237 e. The van der Waals surface area contributed by atoms with Crippen LogP contribution in [-0.4, -0.2) is 25.9 Å². The lowest BCUT2D eigenvalue weighted by Gasteiger charge is -2.13. The molecule has 4 rings (SSSR count). The molecule has 142 valence electrons. The Morgan fingerprint density at radius 3 is 2.79 bits per heavy atom. The summed E-state index contributed by atoms with van der Waals surface area (Å²) in [5.41, 5.74) is 3.04. The number of carbonyl (C=O) groups is 1. The van der Waals surface area contributed by atoms with Crippen molar-refractivity contribution in [3.05, 3.63) is 71.2 Å². The number of benzene rings is 2. The monoisotopic (exact) mass is 454 g/mol. The Balaban J connectivity index is 1.60. The zero-order valence-corrected chi connectivity index (χ0v) is 17.5. The number of fused-ring (bicyclic) bond motifs is 1. The maximum absolute atomic E-state index is 12.8. The van der Waals surface area contributed by atoms with Gasteiger partial charge >= 0.3 is 0 Å². The van der Waals surface area contributed by atoms with Gasteiger partial charge in [0.2, 0.25) is 5.91 Å². The molecule has 1 amide bonds. The first-order valence-electron chi connectivity index (χ1n) is 9.01. The largest absolute Gasteiger partial charge is 0.325 e. The van der Waals surface area contributed by atoms with Gasteiger partial charge in [-0.15, -0.1) is 16.8 Å². The zero-order chi connectivity index (χ0) is 19.5. The molecule has 0 radical (unpaired) electrons. The summed E-state index contributed by atoms with van der Waals surface area (Å²) in [5.74, 6) is 0.778. The van der Waals surface area contributed by atoms with E-state index in [-0.39, 0.29) is 11.2 Å². The van der Waals surface area contributed by atoms with Crippen molar-refractivity contribution in [2.75, 3.05) is 5.32 Å². The van der Waals surface area contributed by atoms with Crippen molar-refractivity contribution in [2.45, 2.75) is 29.8 Å². The molecule has 5 nitrogen and oxygen atoms in total. The predicted molar refractivity (Wildman–Crippen MR) is 116 cm³/mol. The normalized spacial score (nSPS) is 16.2. The van der Waals surface area contributed by atoms with Crippen LogP contribution in [0.25, 0.3) is 11.4 Å². The van der Waals surface area contributed by atoms with Crippen LogP contribution in [0.3, 0.4) is 0 Å². The minimum absolute atomic E-state index is 0.00768. The summed E-state index contributed by atoms with van der Waals surface area (Å²) in [6.45, 7) is 4.44. The molecule has 0 spiro atoms. The lowest BCUT2D eigenvalue weighted by Crippen LogP contribution is -2.24. The van der Waals surface area contributed by atoms with Crippen molar-refractivity contribution in [1.82, 2.24) is 14.8 Å². The Bertz CT molecular complexity index is 1020. The molecule has 0 aliphatic carbocycles. The highest BCUT2D eigenvalue weighted by Crippen LogP contribution is 2.32. The first kappa shape index (κ1) is 19.0. The van der Waals surface area contributed by atoms with Crippen LogP contribution in [0, 0.1) is 0 Å². The van der Waals surface area contributed by atoms with Crippen LogP contribution in [-0.2, 0) is 17.8 Å². The van der Waals surface area contributed by atoms with E-state index >= 15 is 0 Å². The Labute approximate surface area is 176 Å². The van der Waals surface area contributed by atoms with E-state index in [1.165, 1.54) is 17.3 Å². The van der Waals surface area contributed by atoms with E-state index in [9.17, 15) is 4.79 Å². The fraction of sp³-hybridized carbons (Fsp3) is 0.190. The highest BCUT2D eigenvalue weighted by atomic mass is 79.9. The molecule has 0 bridgehead atoms. The van der Waals surface area contributed by atoms with Crippen LogP contribution >= 0.6 is 27.7 Å². The Hall–Kier alpha value is -2.38. The number of halogens is 1. The highest BCUT2D eigenvalue weighted by Gasteiger charge is 2.27. The number of thioether (sulfide) groups is 1. The third-order valence-corrected chi connectivity index (χ3v) is 6.40. The molecule has 7 heteroatoms. The number of aromatic nitrogens is 3. The summed E-state index contributed by atoms with van der Waals surface area (Å²) in [6.07, 6.45) is 3.42. The molecule has 1 N–H and O–H groups in total. The number of aryl methyl sites for hydroxylation is 1. The summed E-state index contributed by atoms with van der Waals surface area (Å²) in [4.78, 5) is 12.8. The minimum atomic E-state index is -0.224. The molecule has 0 saturated heterocycles. The molecule has 2 heterocycles. The molecule has 3 aromatic rings. The number of nitrogens with zero attached hydrogens (tertiary/aromatic N) is 3. The molecule has 28 heavy (non-hydrogen) atoms. The maximum atomic E-state index is 12.8. The molecule has 0 unspecified atom stereocenters. The first-order chi connectivity index (χ1) is 13.7. The van der Waals surface area contributed by atoms with Crippen molar-refractivity contribution < 1.29 is 4.79 Å². The SMILES string of the molecule is C=CCn1c(S[C@@H]2CCc3ccccc3NC2=O)nnc1-c1ccc(Br)cc1. The van der Waals surface area contributed by atoms with E-state index in [2.05, 4.69) is 44.1 Å². The van der Waals surface area contributed by atoms with Crippen molar-refractivity contribution in [3.8, 4) is 11.4 Å². The van der Waals surface area contributed by atoms with Crippen molar-refractivity contribution in [1.29, 1.82) is 0 Å². The molecule has 1 aliphatic rings. The second-order valence-corrected chi connectivity index (χ2v) is 8.59. The van der Waals surface area contributed by atoms with Crippen molar-refractivity contribution in [2.24, 2.45) is 0 Å². The standard InChI is InChI=1S/C21H19BrN4OS/c1-2-13-26-19(15-7-10-16(22)11-8-15)24-25-21(26)28-18-12-9-14-5-3-4-6-17(14)23-20(18)27/h2-8,10-11,18H,1,9,12-13H2,(H,23,27)/t18-/m1/s1. The second-order valence-electron chi connectivity index (χ2n) is 6.50. The van der Waals surface area contributed by atoms with Gasteiger partial charge in [0.1, 0.15) is 0 Å². The summed E-state index contributed by atoms with van der Waals surface area (Å²) in [5, 5.41) is 12.3. The van der Waals surface area contributed by atoms with E-state index in [0.717, 1.165) is 39.5 Å². The lowest BCUT2D eigenvalue weighted by molar-refractivity contribution is -0.115. The molecule has 1 aromatic heterocycles. The van der Waals surface area contributed by atoms with Crippen LogP contribution in [0.1, 0.15) is 12.0 Å². The van der Waals surface area contributed by atoms with E-state index in [4.69, 9.17) is 0 Å². The number of nitrogens with one attached hydrogen (secondary N) is 1. The van der Waals surface area contributed by atoms with Gasteiger partial charge in [0.15, 0.2) is 11.0 Å². The number of rotatable bonds is 5. The van der Waals surface area contributed by atoms with E-state index in [0.29, 0.717) is 6.54 Å². The number of hydrogen-bond donors (Lipinski definition) is 1. The summed E-state index contributed by atoms with van der Waals surface area (Å²) < 4.78 is 3.02. The molecule has 0 fully saturated rings. The predicted octanol–water partition coefficient (Wildman–Crippen LogP) is 4.94. The van der Waals surface area contributed by atoms with Crippen molar-refractivity contribution >= 4 is 39.3 Å². The van der Waals surface area contributed by atoms with Gasteiger partial charge in [-0.05, 0) is 36.6 Å². The zero-order valence-electron chi connectivity index (χ0n) is 15.1. The fourth-order valence-corrected chi connectivity index (χ4v) is 4.51. The van der Waals surface area contributed by atoms with Crippen LogP contribution in [0.15, 0.2) is 70.8 Å². The topological polar surface area (TPSA) is 59.8 Å². The molecule has 2 aromatic carbocycles. The number of carbonyl (C=O) groups excluding carboxylic acids is 1. The van der Waals surface area contributed by atoms with Crippen molar-refractivity contribution in [3.63, 3.8) is 0 Å². The second kappa shape index (κ2) is 8.32. The van der Waals surface area contributed by atoms with E-state index in [1.807, 2.05) is 53.1 Å². The van der Waals surface area contributed by atoms with Gasteiger partial charge < -0.3 is 5.32 Å². The first-order valence-corrected chi connectivity index (χ1v) is 10.7. The lowest BCUT2D eigenvalue weighted by atomic mass is 10.1. The van der Waals surface area contributed by atoms with E-state index in [1.54, 1.807) is 0 Å². The third kappa shape index (κ3) is 3.91. The van der Waals surface area contributed by atoms with Gasteiger partial charge in [-0.2, -0.15) is 0 Å². The van der Waals surface area contributed by atoms with Gasteiger partial charge in [-0.3, -0.25) is 9.36 Å². The minimum Gasteiger partial charge on any atom is -0.325 e.